The number of rotatable bonds is 1. The number of hydrogen-bond acceptors (Lipinski definition) is 3. The fourth-order valence-corrected chi connectivity index (χ4v) is 2.21. The second-order valence-electron chi connectivity index (χ2n) is 4.31. The molecule has 1 unspecified atom stereocenters. The van der Waals surface area contributed by atoms with Crippen LogP contribution in [0.4, 0.5) is 0 Å². The van der Waals surface area contributed by atoms with Crippen LogP contribution in [-0.4, -0.2) is 36.5 Å². The minimum Gasteiger partial charge on any atom is -0.320 e. The quantitative estimate of drug-likeness (QED) is 0.837. The molecule has 5 heteroatoms. The predicted molar refractivity (Wildman–Crippen MR) is 69.5 cm³/mol. The highest BCUT2D eigenvalue weighted by atomic mass is 35.5. The van der Waals surface area contributed by atoms with Crippen LogP contribution in [0.5, 0.6) is 0 Å². The Hall–Kier alpha value is -1.57. The fourth-order valence-electron chi connectivity index (χ4n) is 2.04. The van der Waals surface area contributed by atoms with E-state index >= 15 is 0 Å². The maximum Gasteiger partial charge on any atom is 0.255 e. The number of nitrogens with zero attached hydrogens (tertiary/aromatic N) is 2. The summed E-state index contributed by atoms with van der Waals surface area (Å²) in [5.74, 6) is -0.122. The van der Waals surface area contributed by atoms with E-state index in [0.717, 1.165) is 5.56 Å². The number of nitrogens with one attached hydrogen (secondary N) is 1. The van der Waals surface area contributed by atoms with E-state index in [2.05, 4.69) is 11.4 Å². The fraction of sp³-hybridized carbons (Fsp3) is 0.385. The van der Waals surface area contributed by atoms with Gasteiger partial charge in [0, 0.05) is 30.2 Å². The molecular weight excluding hydrogens is 250 g/mol. The standard InChI is InChI=1S/C13H14ClN3O/c1-9-2-3-10(14)6-12(9)13(18)17-5-4-16-8-11(17)7-15/h2-3,6,11,16H,4-5,8H2,1H3. The van der Waals surface area contributed by atoms with Crippen molar-refractivity contribution in [3.8, 4) is 6.07 Å². The van der Waals surface area contributed by atoms with E-state index in [-0.39, 0.29) is 5.91 Å². The first-order valence-electron chi connectivity index (χ1n) is 5.81. The zero-order valence-corrected chi connectivity index (χ0v) is 10.9. The van der Waals surface area contributed by atoms with Crippen molar-refractivity contribution in [1.29, 1.82) is 5.26 Å². The van der Waals surface area contributed by atoms with E-state index < -0.39 is 6.04 Å². The van der Waals surface area contributed by atoms with Crippen LogP contribution in [0.2, 0.25) is 5.02 Å². The third-order valence-corrected chi connectivity index (χ3v) is 3.32. The maximum absolute atomic E-state index is 12.4. The third-order valence-electron chi connectivity index (χ3n) is 3.08. The Morgan fingerprint density at radius 3 is 3.11 bits per heavy atom. The van der Waals surface area contributed by atoms with Gasteiger partial charge in [0.1, 0.15) is 6.04 Å². The highest BCUT2D eigenvalue weighted by molar-refractivity contribution is 6.31. The number of carbonyl (C=O) groups is 1. The first-order chi connectivity index (χ1) is 8.63. The van der Waals surface area contributed by atoms with Crippen LogP contribution in [-0.2, 0) is 0 Å². The molecule has 2 rings (SSSR count). The van der Waals surface area contributed by atoms with Crippen LogP contribution in [0.25, 0.3) is 0 Å². The lowest BCUT2D eigenvalue weighted by Gasteiger charge is -2.32. The number of hydrogen-bond donors (Lipinski definition) is 1. The molecule has 0 spiro atoms. The lowest BCUT2D eigenvalue weighted by atomic mass is 10.1. The Labute approximate surface area is 111 Å². The van der Waals surface area contributed by atoms with E-state index in [0.29, 0.717) is 30.2 Å². The van der Waals surface area contributed by atoms with Gasteiger partial charge in [0.15, 0.2) is 0 Å². The number of amides is 1. The van der Waals surface area contributed by atoms with Crippen LogP contribution in [0.1, 0.15) is 15.9 Å². The van der Waals surface area contributed by atoms with Crippen molar-refractivity contribution in [1.82, 2.24) is 10.2 Å². The molecule has 0 aliphatic carbocycles. The van der Waals surface area contributed by atoms with Crippen LogP contribution < -0.4 is 5.32 Å². The molecule has 1 amide bonds. The number of benzene rings is 1. The van der Waals surface area contributed by atoms with Crippen molar-refractivity contribution in [2.45, 2.75) is 13.0 Å². The van der Waals surface area contributed by atoms with Crippen molar-refractivity contribution in [2.24, 2.45) is 0 Å². The summed E-state index contributed by atoms with van der Waals surface area (Å²) in [6.07, 6.45) is 0. The van der Waals surface area contributed by atoms with E-state index in [4.69, 9.17) is 16.9 Å². The molecule has 1 aromatic rings. The summed E-state index contributed by atoms with van der Waals surface area (Å²) in [6, 6.07) is 6.97. The maximum atomic E-state index is 12.4. The van der Waals surface area contributed by atoms with E-state index in [1.54, 1.807) is 17.0 Å². The van der Waals surface area contributed by atoms with Crippen molar-refractivity contribution >= 4 is 17.5 Å². The molecule has 1 atom stereocenters. The molecule has 1 N–H and O–H groups in total. The molecule has 94 valence electrons. The van der Waals surface area contributed by atoms with E-state index in [1.807, 2.05) is 13.0 Å². The zero-order chi connectivity index (χ0) is 13.1. The van der Waals surface area contributed by atoms with Gasteiger partial charge in [0.05, 0.1) is 6.07 Å². The van der Waals surface area contributed by atoms with Crippen LogP contribution in [0, 0.1) is 18.3 Å². The Kier molecular flexibility index (Phi) is 3.85. The lowest BCUT2D eigenvalue weighted by Crippen LogP contribution is -2.53. The van der Waals surface area contributed by atoms with Crippen LogP contribution in [0.3, 0.4) is 0 Å². The van der Waals surface area contributed by atoms with Gasteiger partial charge in [-0.15, -0.1) is 0 Å². The van der Waals surface area contributed by atoms with Crippen LogP contribution >= 0.6 is 11.6 Å². The lowest BCUT2D eigenvalue weighted by molar-refractivity contribution is 0.0686. The van der Waals surface area contributed by atoms with Gasteiger partial charge < -0.3 is 10.2 Å². The van der Waals surface area contributed by atoms with E-state index in [1.165, 1.54) is 0 Å². The van der Waals surface area contributed by atoms with Gasteiger partial charge >= 0.3 is 0 Å². The molecule has 1 aliphatic rings. The van der Waals surface area contributed by atoms with Gasteiger partial charge in [-0.3, -0.25) is 4.79 Å². The van der Waals surface area contributed by atoms with E-state index in [9.17, 15) is 4.79 Å². The zero-order valence-electron chi connectivity index (χ0n) is 10.1. The van der Waals surface area contributed by atoms with Crippen molar-refractivity contribution < 1.29 is 4.79 Å². The summed E-state index contributed by atoms with van der Waals surface area (Å²) in [5.41, 5.74) is 1.45. The Morgan fingerprint density at radius 1 is 1.61 bits per heavy atom. The summed E-state index contributed by atoms with van der Waals surface area (Å²) < 4.78 is 0. The average Bonchev–Trinajstić information content (AvgIpc) is 2.40. The number of halogens is 1. The SMILES string of the molecule is Cc1ccc(Cl)cc1C(=O)N1CCNCC1C#N. The third kappa shape index (κ3) is 2.47. The molecule has 4 nitrogen and oxygen atoms in total. The molecule has 0 saturated carbocycles. The summed E-state index contributed by atoms with van der Waals surface area (Å²) >= 11 is 5.92. The smallest absolute Gasteiger partial charge is 0.255 e. The summed E-state index contributed by atoms with van der Waals surface area (Å²) in [5, 5.41) is 12.7. The number of piperazine rings is 1. The molecule has 0 radical (unpaired) electrons. The minimum atomic E-state index is -0.412. The van der Waals surface area contributed by atoms with Crippen LogP contribution in [0.15, 0.2) is 18.2 Å². The van der Waals surface area contributed by atoms with Gasteiger partial charge in [-0.05, 0) is 24.6 Å². The van der Waals surface area contributed by atoms with Gasteiger partial charge in [0.2, 0.25) is 0 Å². The first-order valence-corrected chi connectivity index (χ1v) is 6.18. The molecule has 18 heavy (non-hydrogen) atoms. The highest BCUT2D eigenvalue weighted by Gasteiger charge is 2.27. The molecule has 1 heterocycles. The second kappa shape index (κ2) is 5.38. The first kappa shape index (κ1) is 12.9. The molecule has 0 aromatic heterocycles. The van der Waals surface area contributed by atoms with Crippen molar-refractivity contribution in [3.05, 3.63) is 34.3 Å². The number of carbonyl (C=O) groups excluding carboxylic acids is 1. The van der Waals surface area contributed by atoms with Gasteiger partial charge in [-0.2, -0.15) is 5.26 Å². The topological polar surface area (TPSA) is 56.1 Å². The summed E-state index contributed by atoms with van der Waals surface area (Å²) in [7, 11) is 0. The van der Waals surface area contributed by atoms with Gasteiger partial charge in [-0.25, -0.2) is 0 Å². The minimum absolute atomic E-state index is 0.122. The molecule has 1 saturated heterocycles. The predicted octanol–water partition coefficient (Wildman–Crippen LogP) is 1.59. The normalized spacial score (nSPS) is 19.4. The van der Waals surface area contributed by atoms with Crippen molar-refractivity contribution in [2.75, 3.05) is 19.6 Å². The molecule has 1 fully saturated rings. The summed E-state index contributed by atoms with van der Waals surface area (Å²) in [4.78, 5) is 14.0. The Balaban J connectivity index is 2.30. The van der Waals surface area contributed by atoms with Crippen molar-refractivity contribution in [3.63, 3.8) is 0 Å². The number of aryl methyl sites for hydroxylation is 1. The molecule has 0 bridgehead atoms. The second-order valence-corrected chi connectivity index (χ2v) is 4.74. The molecular formula is C13H14ClN3O. The average molecular weight is 264 g/mol. The van der Waals surface area contributed by atoms with Gasteiger partial charge in [0.25, 0.3) is 5.91 Å². The Morgan fingerprint density at radius 2 is 2.39 bits per heavy atom. The Bertz CT molecular complexity index is 509. The summed E-state index contributed by atoms with van der Waals surface area (Å²) in [6.45, 7) is 3.64. The molecule has 1 aliphatic heterocycles. The monoisotopic (exact) mass is 263 g/mol. The highest BCUT2D eigenvalue weighted by Crippen LogP contribution is 2.18. The molecule has 1 aromatic carbocycles. The van der Waals surface area contributed by atoms with Gasteiger partial charge in [-0.1, -0.05) is 17.7 Å². The largest absolute Gasteiger partial charge is 0.320 e. The number of nitriles is 1.